The molecule has 3 heteroatoms. The summed E-state index contributed by atoms with van der Waals surface area (Å²) in [5, 5.41) is 5.13. The summed E-state index contributed by atoms with van der Waals surface area (Å²) in [6.07, 6.45) is 0. The van der Waals surface area contributed by atoms with E-state index in [-0.39, 0.29) is 0 Å². The van der Waals surface area contributed by atoms with Gasteiger partial charge >= 0.3 is 0 Å². The van der Waals surface area contributed by atoms with Gasteiger partial charge in [0.15, 0.2) is 0 Å². The fraction of sp³-hybridized carbons (Fsp3) is 0. The van der Waals surface area contributed by atoms with E-state index in [1.165, 1.54) is 10.8 Å². The van der Waals surface area contributed by atoms with E-state index >= 15 is 0 Å². The maximum Gasteiger partial charge on any atom is 0.0672 e. The lowest BCUT2D eigenvalue weighted by atomic mass is 10.00. The van der Waals surface area contributed by atoms with Crippen molar-refractivity contribution in [2.75, 3.05) is 5.43 Å². The molecule has 1 N–H and O–H groups in total. The molecule has 0 radical (unpaired) electrons. The van der Waals surface area contributed by atoms with Crippen LogP contribution in [0.15, 0.2) is 72.0 Å². The Hall–Kier alpha value is -2.68. The van der Waals surface area contributed by atoms with Gasteiger partial charge in [0, 0.05) is 5.56 Å². The quantitative estimate of drug-likeness (QED) is 0.543. The zero-order valence-corrected chi connectivity index (χ0v) is 10.2. The van der Waals surface area contributed by atoms with Gasteiger partial charge in [-0.2, -0.15) is 0 Å². The van der Waals surface area contributed by atoms with Gasteiger partial charge in [0.2, 0.25) is 0 Å². The lowest BCUT2D eigenvalue weighted by Gasteiger charge is -2.08. The Kier molecular flexibility index (Phi) is 2.94. The summed E-state index contributed by atoms with van der Waals surface area (Å²) in [5.74, 6) is 0. The molecule has 0 bridgehead atoms. The average molecular weight is 248 g/mol. The Morgan fingerprint density at radius 1 is 0.789 bits per heavy atom. The van der Waals surface area contributed by atoms with Crippen molar-refractivity contribution < 1.29 is 0 Å². The lowest BCUT2D eigenvalue weighted by molar-refractivity contribution is 1.32. The molecule has 0 saturated heterocycles. The summed E-state index contributed by atoms with van der Waals surface area (Å²) in [5.41, 5.74) is 5.23. The van der Waals surface area contributed by atoms with Crippen LogP contribution in [0.1, 0.15) is 0 Å². The molecule has 3 nitrogen and oxygen atoms in total. The van der Waals surface area contributed by atoms with Gasteiger partial charge in [0.05, 0.1) is 11.0 Å². The summed E-state index contributed by atoms with van der Waals surface area (Å²) in [6.45, 7) is 0. The fourth-order valence-electron chi connectivity index (χ4n) is 2.24. The normalized spacial score (nSPS) is 10.3. The molecule has 0 heterocycles. The molecule has 3 rings (SSSR count). The van der Waals surface area contributed by atoms with E-state index in [0.717, 1.165) is 11.1 Å². The number of fused-ring (bicyclic) bond motifs is 1. The molecule has 0 atom stereocenters. The van der Waals surface area contributed by atoms with Crippen LogP contribution in [0.4, 0.5) is 5.69 Å². The number of anilines is 1. The highest BCUT2D eigenvalue weighted by atomic mass is 16.3. The molecule has 0 aliphatic heterocycles. The third kappa shape index (κ3) is 2.18. The Labute approximate surface area is 110 Å². The molecule has 3 aromatic rings. The van der Waals surface area contributed by atoms with Crippen molar-refractivity contribution in [2.24, 2.45) is 5.29 Å². The highest BCUT2D eigenvalue weighted by molar-refractivity contribution is 5.89. The van der Waals surface area contributed by atoms with Gasteiger partial charge in [-0.25, -0.2) is 5.43 Å². The smallest absolute Gasteiger partial charge is 0.0672 e. The standard InChI is InChI=1S/C16H12N2O/c19-18-17-16-8-4-3-7-15(16)14-10-9-12-5-1-2-6-13(12)11-14/h1-11H,(H,17,19). The molecule has 92 valence electrons. The van der Waals surface area contributed by atoms with E-state index in [1.807, 2.05) is 42.5 Å². The third-order valence-electron chi connectivity index (χ3n) is 3.15. The Balaban J connectivity index is 2.16. The molecule has 0 aromatic heterocycles. The van der Waals surface area contributed by atoms with Crippen LogP contribution < -0.4 is 5.43 Å². The van der Waals surface area contributed by atoms with Crippen molar-refractivity contribution in [1.82, 2.24) is 0 Å². The minimum absolute atomic E-state index is 0.716. The first-order valence-electron chi connectivity index (χ1n) is 6.05. The first kappa shape index (κ1) is 11.4. The molecule has 19 heavy (non-hydrogen) atoms. The number of nitrogens with one attached hydrogen (secondary N) is 1. The van der Waals surface area contributed by atoms with E-state index in [0.29, 0.717) is 5.69 Å². The molecule has 0 amide bonds. The molecule has 3 aromatic carbocycles. The summed E-state index contributed by atoms with van der Waals surface area (Å²) >= 11 is 0. The van der Waals surface area contributed by atoms with Crippen LogP contribution in [-0.4, -0.2) is 0 Å². The molecule has 0 spiro atoms. The van der Waals surface area contributed by atoms with Crippen molar-refractivity contribution >= 4 is 16.5 Å². The maximum atomic E-state index is 10.4. The molecule has 0 aliphatic rings. The van der Waals surface area contributed by atoms with Crippen molar-refractivity contribution in [1.29, 1.82) is 0 Å². The van der Waals surface area contributed by atoms with Gasteiger partial charge in [-0.05, 0) is 28.5 Å². The largest absolute Gasteiger partial charge is 0.242 e. The number of para-hydroxylation sites is 1. The van der Waals surface area contributed by atoms with Gasteiger partial charge in [-0.1, -0.05) is 54.6 Å². The predicted octanol–water partition coefficient (Wildman–Crippen LogP) is 4.60. The van der Waals surface area contributed by atoms with E-state index < -0.39 is 0 Å². The zero-order valence-electron chi connectivity index (χ0n) is 10.2. The van der Waals surface area contributed by atoms with Gasteiger partial charge in [0.25, 0.3) is 0 Å². The summed E-state index contributed by atoms with van der Waals surface area (Å²) in [4.78, 5) is 10.4. The summed E-state index contributed by atoms with van der Waals surface area (Å²) < 4.78 is 0. The van der Waals surface area contributed by atoms with Crippen LogP contribution in [0.3, 0.4) is 0 Å². The predicted molar refractivity (Wildman–Crippen MR) is 78.8 cm³/mol. The number of rotatable bonds is 3. The zero-order chi connectivity index (χ0) is 13.1. The van der Waals surface area contributed by atoms with Gasteiger partial charge < -0.3 is 0 Å². The van der Waals surface area contributed by atoms with E-state index in [9.17, 15) is 4.91 Å². The van der Waals surface area contributed by atoms with Crippen molar-refractivity contribution in [2.45, 2.75) is 0 Å². The highest BCUT2D eigenvalue weighted by Gasteiger charge is 2.05. The highest BCUT2D eigenvalue weighted by Crippen LogP contribution is 2.30. The number of nitrogens with zero attached hydrogens (tertiary/aromatic N) is 1. The van der Waals surface area contributed by atoms with Crippen molar-refractivity contribution in [3.8, 4) is 11.1 Å². The Morgan fingerprint density at radius 3 is 2.37 bits per heavy atom. The molecule has 0 aliphatic carbocycles. The topological polar surface area (TPSA) is 41.5 Å². The van der Waals surface area contributed by atoms with E-state index in [1.54, 1.807) is 0 Å². The number of hydrogen-bond donors (Lipinski definition) is 1. The van der Waals surface area contributed by atoms with Crippen LogP contribution in [0, 0.1) is 4.91 Å². The van der Waals surface area contributed by atoms with Gasteiger partial charge in [-0.15, -0.1) is 4.91 Å². The van der Waals surface area contributed by atoms with Gasteiger partial charge in [0.1, 0.15) is 0 Å². The summed E-state index contributed by atoms with van der Waals surface area (Å²) in [6, 6.07) is 22.1. The van der Waals surface area contributed by atoms with Crippen LogP contribution in [0.2, 0.25) is 0 Å². The maximum absolute atomic E-state index is 10.4. The second-order valence-electron chi connectivity index (χ2n) is 4.31. The molecular formula is C16H12N2O. The molecule has 0 fully saturated rings. The Bertz CT molecular complexity index is 737. The average Bonchev–Trinajstić information content (AvgIpc) is 2.48. The number of benzene rings is 3. The third-order valence-corrected chi connectivity index (χ3v) is 3.15. The second-order valence-corrected chi connectivity index (χ2v) is 4.31. The monoisotopic (exact) mass is 248 g/mol. The molecular weight excluding hydrogens is 236 g/mol. The van der Waals surface area contributed by atoms with E-state index in [4.69, 9.17) is 0 Å². The SMILES string of the molecule is O=NNc1ccccc1-c1ccc2ccccc2c1. The minimum Gasteiger partial charge on any atom is -0.242 e. The van der Waals surface area contributed by atoms with Crippen LogP contribution in [-0.2, 0) is 0 Å². The molecule has 0 saturated carbocycles. The van der Waals surface area contributed by atoms with Crippen LogP contribution >= 0.6 is 0 Å². The van der Waals surface area contributed by atoms with Crippen molar-refractivity contribution in [3.05, 3.63) is 71.6 Å². The minimum atomic E-state index is 0.716. The van der Waals surface area contributed by atoms with E-state index in [2.05, 4.69) is 35.0 Å². The fourth-order valence-corrected chi connectivity index (χ4v) is 2.24. The van der Waals surface area contributed by atoms with Gasteiger partial charge in [-0.3, -0.25) is 0 Å². The first-order chi connectivity index (χ1) is 9.38. The number of nitroso groups, excluding NO2 is 1. The second kappa shape index (κ2) is 4.90. The lowest BCUT2D eigenvalue weighted by Crippen LogP contribution is -1.90. The number of hydrogen-bond acceptors (Lipinski definition) is 2. The van der Waals surface area contributed by atoms with Crippen LogP contribution in [0.25, 0.3) is 21.9 Å². The molecule has 0 unspecified atom stereocenters. The van der Waals surface area contributed by atoms with Crippen molar-refractivity contribution in [3.63, 3.8) is 0 Å². The van der Waals surface area contributed by atoms with Crippen LogP contribution in [0.5, 0.6) is 0 Å². The Morgan fingerprint density at radius 2 is 1.53 bits per heavy atom. The first-order valence-corrected chi connectivity index (χ1v) is 6.05. The summed E-state index contributed by atoms with van der Waals surface area (Å²) in [7, 11) is 0.